The van der Waals surface area contributed by atoms with Crippen LogP contribution in [0.5, 0.6) is 5.75 Å². The van der Waals surface area contributed by atoms with Crippen molar-refractivity contribution in [1.82, 2.24) is 0 Å². The summed E-state index contributed by atoms with van der Waals surface area (Å²) in [6.07, 6.45) is 3.82. The first-order valence-corrected chi connectivity index (χ1v) is 14.0. The van der Waals surface area contributed by atoms with E-state index < -0.39 is 23.4 Å². The summed E-state index contributed by atoms with van der Waals surface area (Å²) in [5, 5.41) is 0.704. The Hall–Kier alpha value is -4.19. The summed E-state index contributed by atoms with van der Waals surface area (Å²) in [4.78, 5) is 46.1. The summed E-state index contributed by atoms with van der Waals surface area (Å²) in [7, 11) is 1.54. The molecule has 1 aliphatic carbocycles. The van der Waals surface area contributed by atoms with Crippen molar-refractivity contribution in [3.63, 3.8) is 0 Å². The first-order valence-electron chi connectivity index (χ1n) is 13.3. The molecule has 4 aromatic carbocycles. The van der Waals surface area contributed by atoms with E-state index in [-0.39, 0.29) is 17.3 Å². The highest BCUT2D eigenvalue weighted by Gasteiger charge is 2.71. The van der Waals surface area contributed by atoms with Gasteiger partial charge in [0.15, 0.2) is 17.3 Å². The van der Waals surface area contributed by atoms with E-state index in [0.717, 1.165) is 11.3 Å². The van der Waals surface area contributed by atoms with Gasteiger partial charge in [0, 0.05) is 38.3 Å². The van der Waals surface area contributed by atoms with Crippen molar-refractivity contribution in [3.05, 3.63) is 135 Å². The van der Waals surface area contributed by atoms with E-state index in [1.807, 2.05) is 41.3 Å². The molecule has 7 heteroatoms. The predicted molar refractivity (Wildman–Crippen MR) is 160 cm³/mol. The maximum Gasteiger partial charge on any atom is 0.186 e. The summed E-state index contributed by atoms with van der Waals surface area (Å²) in [6, 6.07) is 24.8. The van der Waals surface area contributed by atoms with Crippen molar-refractivity contribution in [2.24, 2.45) is 5.41 Å². The largest absolute Gasteiger partial charge is 0.497 e. The molecule has 202 valence electrons. The van der Waals surface area contributed by atoms with E-state index in [0.29, 0.717) is 38.0 Å². The molecule has 0 N–H and O–H groups in total. The van der Waals surface area contributed by atoms with Crippen LogP contribution >= 0.6 is 23.2 Å². The molecule has 0 amide bonds. The third-order valence-electron chi connectivity index (χ3n) is 8.63. The smallest absolute Gasteiger partial charge is 0.186 e. The molecule has 7 rings (SSSR count). The van der Waals surface area contributed by atoms with Crippen LogP contribution in [-0.4, -0.2) is 36.5 Å². The molecule has 3 aliphatic rings. The van der Waals surface area contributed by atoms with Crippen molar-refractivity contribution in [1.29, 1.82) is 0 Å². The third-order valence-corrected chi connectivity index (χ3v) is 9.20. The minimum atomic E-state index is -1.63. The number of methoxy groups -OCH3 is 1. The second-order valence-corrected chi connectivity index (χ2v) is 11.4. The summed E-state index contributed by atoms with van der Waals surface area (Å²) in [5.41, 5.74) is 1.66. The van der Waals surface area contributed by atoms with Crippen molar-refractivity contribution < 1.29 is 19.1 Å². The van der Waals surface area contributed by atoms with Crippen LogP contribution in [0.3, 0.4) is 0 Å². The van der Waals surface area contributed by atoms with Crippen LogP contribution in [0.25, 0.3) is 6.08 Å². The number of rotatable bonds is 4. The minimum absolute atomic E-state index is 0.247. The molecule has 1 saturated heterocycles. The Balaban J connectivity index is 1.56. The SMILES string of the molecule is COc1cccc(C(=O)[C@@H]2[C@@H](c3ccc(Cl)cc3Cl)C3(C(=O)c4ccccc4C3=O)[C@@H]3C=Cc4ccccc4N23)c1. The lowest BCUT2D eigenvalue weighted by Gasteiger charge is -2.37. The van der Waals surface area contributed by atoms with Crippen LogP contribution in [0.15, 0.2) is 97.1 Å². The number of ketones is 3. The van der Waals surface area contributed by atoms with Gasteiger partial charge in [0.25, 0.3) is 0 Å². The quantitative estimate of drug-likeness (QED) is 0.187. The molecule has 2 heterocycles. The molecule has 3 atom stereocenters. The van der Waals surface area contributed by atoms with Crippen molar-refractivity contribution in [2.45, 2.75) is 18.0 Å². The van der Waals surface area contributed by atoms with E-state index in [2.05, 4.69) is 0 Å². The molecule has 41 heavy (non-hydrogen) atoms. The number of benzene rings is 4. The molecule has 5 nitrogen and oxygen atoms in total. The lowest BCUT2D eigenvalue weighted by Crippen LogP contribution is -2.48. The number of carbonyl (C=O) groups is 3. The lowest BCUT2D eigenvalue weighted by molar-refractivity contribution is 0.0666. The number of fused-ring (bicyclic) bond motifs is 5. The van der Waals surface area contributed by atoms with Crippen molar-refractivity contribution in [2.75, 3.05) is 12.0 Å². The second kappa shape index (κ2) is 9.44. The van der Waals surface area contributed by atoms with Crippen LogP contribution < -0.4 is 9.64 Å². The minimum Gasteiger partial charge on any atom is -0.497 e. The van der Waals surface area contributed by atoms with Gasteiger partial charge < -0.3 is 9.64 Å². The van der Waals surface area contributed by atoms with Crippen molar-refractivity contribution in [3.8, 4) is 5.75 Å². The zero-order valence-electron chi connectivity index (χ0n) is 21.9. The molecule has 0 saturated carbocycles. The van der Waals surface area contributed by atoms with Crippen LogP contribution in [-0.2, 0) is 0 Å². The van der Waals surface area contributed by atoms with E-state index in [1.54, 1.807) is 73.8 Å². The maximum atomic E-state index is 14.8. The fourth-order valence-corrected chi connectivity index (χ4v) is 7.49. The van der Waals surface area contributed by atoms with Gasteiger partial charge in [-0.05, 0) is 41.5 Å². The summed E-state index contributed by atoms with van der Waals surface area (Å²) in [5.74, 6) is -1.26. The third kappa shape index (κ3) is 3.52. The van der Waals surface area contributed by atoms with Gasteiger partial charge in [0.1, 0.15) is 17.2 Å². The van der Waals surface area contributed by atoms with Crippen LogP contribution in [0, 0.1) is 5.41 Å². The normalized spacial score (nSPS) is 21.5. The monoisotopic (exact) mass is 579 g/mol. The zero-order valence-corrected chi connectivity index (χ0v) is 23.4. The van der Waals surface area contributed by atoms with E-state index in [1.165, 1.54) is 0 Å². The maximum absolute atomic E-state index is 14.8. The predicted octanol–water partition coefficient (Wildman–Crippen LogP) is 7.32. The summed E-state index contributed by atoms with van der Waals surface area (Å²) >= 11 is 13.2. The summed E-state index contributed by atoms with van der Waals surface area (Å²) < 4.78 is 5.42. The van der Waals surface area contributed by atoms with Gasteiger partial charge in [-0.15, -0.1) is 0 Å². The fraction of sp³-hybridized carbons (Fsp3) is 0.147. The number of carbonyl (C=O) groups excluding carboxylic acids is 3. The van der Waals surface area contributed by atoms with E-state index in [4.69, 9.17) is 27.9 Å². The molecule has 4 aromatic rings. The van der Waals surface area contributed by atoms with Gasteiger partial charge in [0.05, 0.1) is 13.2 Å². The molecule has 0 unspecified atom stereocenters. The van der Waals surface area contributed by atoms with E-state index >= 15 is 0 Å². The molecule has 0 radical (unpaired) electrons. The average molecular weight is 580 g/mol. The zero-order chi connectivity index (χ0) is 28.5. The van der Waals surface area contributed by atoms with E-state index in [9.17, 15) is 14.4 Å². The highest BCUT2D eigenvalue weighted by Crippen LogP contribution is 2.61. The van der Waals surface area contributed by atoms with Gasteiger partial charge in [-0.1, -0.05) is 96.0 Å². The first-order chi connectivity index (χ1) is 19.9. The van der Waals surface area contributed by atoms with Crippen LogP contribution in [0.1, 0.15) is 48.1 Å². The molecule has 1 fully saturated rings. The number of nitrogens with zero attached hydrogens (tertiary/aromatic N) is 1. The molecular weight excluding hydrogens is 557 g/mol. The molecular formula is C34H23Cl2NO4. The number of halogens is 2. The Morgan fingerprint density at radius 3 is 2.27 bits per heavy atom. The average Bonchev–Trinajstić information content (AvgIpc) is 3.43. The molecule has 2 aliphatic heterocycles. The Kier molecular flexibility index (Phi) is 5.93. The Morgan fingerprint density at radius 1 is 0.854 bits per heavy atom. The lowest BCUT2D eigenvalue weighted by atomic mass is 9.64. The van der Waals surface area contributed by atoms with Crippen LogP contribution in [0.4, 0.5) is 5.69 Å². The summed E-state index contributed by atoms with van der Waals surface area (Å²) in [6.45, 7) is 0. The first kappa shape index (κ1) is 25.8. The van der Waals surface area contributed by atoms with Gasteiger partial charge >= 0.3 is 0 Å². The fourth-order valence-electron chi connectivity index (χ4n) is 6.96. The number of para-hydroxylation sites is 1. The second-order valence-electron chi connectivity index (χ2n) is 10.5. The topological polar surface area (TPSA) is 63.7 Å². The van der Waals surface area contributed by atoms with Crippen molar-refractivity contribution >= 4 is 52.3 Å². The molecule has 0 bridgehead atoms. The molecule has 1 spiro atoms. The number of anilines is 1. The van der Waals surface area contributed by atoms with Gasteiger partial charge in [-0.2, -0.15) is 0 Å². The Bertz CT molecular complexity index is 1780. The van der Waals surface area contributed by atoms with Crippen LogP contribution in [0.2, 0.25) is 10.0 Å². The van der Waals surface area contributed by atoms with Gasteiger partial charge in [-0.25, -0.2) is 0 Å². The highest BCUT2D eigenvalue weighted by molar-refractivity contribution is 6.36. The standard InChI is InChI=1S/C34H23Cl2NO4/c1-41-22-9-6-8-20(17-22)31(38)30-29(25-15-14-21(35)18-26(25)36)34(32(39)23-10-3-4-11-24(23)33(34)40)28-16-13-19-7-2-5-12-27(19)37(28)30/h2-18,28-30H,1H3/t28-,29+,30-/m0/s1. The Morgan fingerprint density at radius 2 is 1.56 bits per heavy atom. The number of Topliss-reactive ketones (excluding diaryl/α,β-unsaturated/α-hetero) is 3. The molecule has 0 aromatic heterocycles. The Labute approximate surface area is 247 Å². The highest BCUT2D eigenvalue weighted by atomic mass is 35.5. The van der Waals surface area contributed by atoms with Gasteiger partial charge in [-0.3, -0.25) is 14.4 Å². The number of hydrogen-bond donors (Lipinski definition) is 0. The number of ether oxygens (including phenoxy) is 1. The number of hydrogen-bond acceptors (Lipinski definition) is 5. The van der Waals surface area contributed by atoms with Gasteiger partial charge in [0.2, 0.25) is 0 Å².